The minimum Gasteiger partial charge on any atom is -0.493 e. The molecule has 2 N–H and O–H groups in total. The Bertz CT molecular complexity index is 1290. The lowest BCUT2D eigenvalue weighted by atomic mass is 9.81. The molecule has 2 atom stereocenters. The van der Waals surface area contributed by atoms with Crippen LogP contribution in [0.4, 0.5) is 13.2 Å². The highest BCUT2D eigenvalue weighted by atomic mass is 35.5. The van der Waals surface area contributed by atoms with Gasteiger partial charge in [-0.3, -0.25) is 4.79 Å². The van der Waals surface area contributed by atoms with Gasteiger partial charge in [-0.15, -0.1) is 12.4 Å². The topological polar surface area (TPSA) is 68.8 Å². The fraction of sp³-hybridized carbons (Fsp3) is 0.345. The second kappa shape index (κ2) is 13.1. The largest absolute Gasteiger partial charge is 0.493 e. The third kappa shape index (κ3) is 6.96. The molecule has 1 amide bonds. The molecule has 0 radical (unpaired) electrons. The van der Waals surface area contributed by atoms with Crippen LogP contribution in [0.15, 0.2) is 54.6 Å². The molecule has 3 aromatic rings. The Kier molecular flexibility index (Phi) is 9.59. The number of carbonyl (C=O) groups is 1. The second-order valence-electron chi connectivity index (χ2n) is 9.51. The summed E-state index contributed by atoms with van der Waals surface area (Å²) in [5, 5.41) is 6.04. The molecule has 39 heavy (non-hydrogen) atoms. The summed E-state index contributed by atoms with van der Waals surface area (Å²) in [7, 11) is 0. The van der Waals surface area contributed by atoms with Gasteiger partial charge >= 0.3 is 0 Å². The van der Waals surface area contributed by atoms with Crippen LogP contribution in [0, 0.1) is 23.4 Å². The average Bonchev–Trinajstić information content (AvgIpc) is 3.39. The predicted molar refractivity (Wildman–Crippen MR) is 142 cm³/mol. The molecule has 208 valence electrons. The van der Waals surface area contributed by atoms with Gasteiger partial charge in [-0.25, -0.2) is 13.2 Å². The number of ether oxygens (including phenoxy) is 3. The Morgan fingerprint density at radius 2 is 1.79 bits per heavy atom. The first-order chi connectivity index (χ1) is 18.5. The molecule has 2 heterocycles. The van der Waals surface area contributed by atoms with Gasteiger partial charge in [-0.2, -0.15) is 0 Å². The zero-order chi connectivity index (χ0) is 26.5. The van der Waals surface area contributed by atoms with Gasteiger partial charge < -0.3 is 24.8 Å². The fourth-order valence-electron chi connectivity index (χ4n) is 5.00. The summed E-state index contributed by atoms with van der Waals surface area (Å²) in [5.41, 5.74) is 1.15. The molecule has 0 saturated carbocycles. The predicted octanol–water partition coefficient (Wildman–Crippen LogP) is 4.93. The number of amides is 1. The standard InChI is InChI=1S/C29H29F3N2O4.ClH/c30-24-6-4-18(12-19(24)13-29(35)34-11-9-23-25(31)2-1-3-26(23)32)22-8-10-33-15-20(22)16-36-21-5-7-27-28(14-21)38-17-37-27;/h1-7,12,14,20,22,33H,8-11,13,15-17H2,(H,34,35);1H/t20-,22-;/m0./s1. The lowest BCUT2D eigenvalue weighted by Gasteiger charge is -2.32. The quantitative estimate of drug-likeness (QED) is 0.387. The third-order valence-corrected chi connectivity index (χ3v) is 7.02. The number of carbonyl (C=O) groups excluding carboxylic acids is 1. The number of piperidine rings is 1. The molecule has 2 aliphatic heterocycles. The van der Waals surface area contributed by atoms with Gasteiger partial charge in [-0.05, 0) is 66.8 Å². The van der Waals surface area contributed by atoms with E-state index in [2.05, 4.69) is 10.6 Å². The Labute approximate surface area is 231 Å². The monoisotopic (exact) mass is 562 g/mol. The van der Waals surface area contributed by atoms with E-state index in [9.17, 15) is 18.0 Å². The highest BCUT2D eigenvalue weighted by Crippen LogP contribution is 2.36. The molecule has 0 spiro atoms. The minimum absolute atomic E-state index is 0. The first-order valence-corrected chi connectivity index (χ1v) is 12.7. The lowest BCUT2D eigenvalue weighted by molar-refractivity contribution is -0.120. The van der Waals surface area contributed by atoms with Crippen LogP contribution in [0.2, 0.25) is 0 Å². The molecule has 0 unspecified atom stereocenters. The SMILES string of the molecule is Cl.O=C(Cc1cc([C@@H]2CCNC[C@H]2COc2ccc3c(c2)OCO3)ccc1F)NCCc1c(F)cccc1F. The third-order valence-electron chi connectivity index (χ3n) is 7.02. The van der Waals surface area contributed by atoms with E-state index in [0.717, 1.165) is 25.1 Å². The number of hydrogen-bond acceptors (Lipinski definition) is 5. The van der Waals surface area contributed by atoms with Crippen molar-refractivity contribution in [1.29, 1.82) is 0 Å². The van der Waals surface area contributed by atoms with Crippen molar-refractivity contribution in [3.63, 3.8) is 0 Å². The van der Waals surface area contributed by atoms with E-state index >= 15 is 0 Å². The Hall–Kier alpha value is -3.43. The van der Waals surface area contributed by atoms with E-state index in [0.29, 0.717) is 23.9 Å². The van der Waals surface area contributed by atoms with Crippen LogP contribution in [-0.4, -0.2) is 38.9 Å². The van der Waals surface area contributed by atoms with E-state index in [1.165, 1.54) is 24.3 Å². The maximum atomic E-state index is 14.6. The van der Waals surface area contributed by atoms with Crippen molar-refractivity contribution >= 4 is 18.3 Å². The highest BCUT2D eigenvalue weighted by molar-refractivity contribution is 5.85. The van der Waals surface area contributed by atoms with Crippen LogP contribution in [0.1, 0.15) is 29.0 Å². The van der Waals surface area contributed by atoms with Gasteiger partial charge in [0.05, 0.1) is 13.0 Å². The van der Waals surface area contributed by atoms with Crippen molar-refractivity contribution in [2.24, 2.45) is 5.92 Å². The number of hydrogen-bond donors (Lipinski definition) is 2. The first-order valence-electron chi connectivity index (χ1n) is 12.7. The van der Waals surface area contributed by atoms with Crippen LogP contribution < -0.4 is 24.8 Å². The van der Waals surface area contributed by atoms with E-state index in [1.807, 2.05) is 18.2 Å². The van der Waals surface area contributed by atoms with Gasteiger partial charge in [0.2, 0.25) is 12.7 Å². The number of nitrogens with one attached hydrogen (secondary N) is 2. The summed E-state index contributed by atoms with van der Waals surface area (Å²) < 4.78 is 59.1. The van der Waals surface area contributed by atoms with Crippen LogP contribution >= 0.6 is 12.4 Å². The van der Waals surface area contributed by atoms with Gasteiger partial charge in [0, 0.05) is 30.6 Å². The van der Waals surface area contributed by atoms with Crippen molar-refractivity contribution in [3.8, 4) is 17.2 Å². The smallest absolute Gasteiger partial charge is 0.231 e. The molecule has 1 saturated heterocycles. The summed E-state index contributed by atoms with van der Waals surface area (Å²) in [6.45, 7) is 2.27. The maximum absolute atomic E-state index is 14.6. The minimum atomic E-state index is -0.656. The van der Waals surface area contributed by atoms with Crippen molar-refractivity contribution in [1.82, 2.24) is 10.6 Å². The number of rotatable bonds is 9. The van der Waals surface area contributed by atoms with Crippen LogP contribution in [-0.2, 0) is 17.6 Å². The van der Waals surface area contributed by atoms with Gasteiger partial charge in [-0.1, -0.05) is 18.2 Å². The summed E-state index contributed by atoms with van der Waals surface area (Å²) in [6, 6.07) is 14.0. The van der Waals surface area contributed by atoms with Gasteiger partial charge in [0.15, 0.2) is 11.5 Å². The first kappa shape index (κ1) is 28.6. The van der Waals surface area contributed by atoms with Gasteiger partial charge in [0.1, 0.15) is 23.2 Å². The molecule has 0 aromatic heterocycles. The van der Waals surface area contributed by atoms with Crippen LogP contribution in [0.25, 0.3) is 0 Å². The second-order valence-corrected chi connectivity index (χ2v) is 9.51. The lowest BCUT2D eigenvalue weighted by Crippen LogP contribution is -2.38. The number of benzene rings is 3. The molecule has 10 heteroatoms. The highest BCUT2D eigenvalue weighted by Gasteiger charge is 2.28. The summed E-state index contributed by atoms with van der Waals surface area (Å²) >= 11 is 0. The Morgan fingerprint density at radius 3 is 2.62 bits per heavy atom. The van der Waals surface area contributed by atoms with Crippen molar-refractivity contribution in [2.45, 2.75) is 25.2 Å². The molecule has 6 nitrogen and oxygen atoms in total. The average molecular weight is 563 g/mol. The number of fused-ring (bicyclic) bond motifs is 1. The van der Waals surface area contributed by atoms with Crippen molar-refractivity contribution in [3.05, 3.63) is 88.7 Å². The zero-order valence-corrected chi connectivity index (χ0v) is 22.0. The zero-order valence-electron chi connectivity index (χ0n) is 21.2. The summed E-state index contributed by atoms with van der Waals surface area (Å²) in [4.78, 5) is 12.5. The number of halogens is 4. The summed E-state index contributed by atoms with van der Waals surface area (Å²) in [5.74, 6) is 0.100. The maximum Gasteiger partial charge on any atom is 0.231 e. The van der Waals surface area contributed by atoms with E-state index in [4.69, 9.17) is 14.2 Å². The van der Waals surface area contributed by atoms with Gasteiger partial charge in [0.25, 0.3) is 0 Å². The molecule has 0 aliphatic carbocycles. The van der Waals surface area contributed by atoms with E-state index < -0.39 is 23.4 Å². The molecule has 1 fully saturated rings. The van der Waals surface area contributed by atoms with Crippen LogP contribution in [0.5, 0.6) is 17.2 Å². The molecule has 5 rings (SSSR count). The molecular weight excluding hydrogens is 533 g/mol. The fourth-order valence-corrected chi connectivity index (χ4v) is 5.00. The molecule has 2 aliphatic rings. The summed E-state index contributed by atoms with van der Waals surface area (Å²) in [6.07, 6.45) is 0.691. The van der Waals surface area contributed by atoms with Crippen LogP contribution in [0.3, 0.4) is 0 Å². The Morgan fingerprint density at radius 1 is 1.00 bits per heavy atom. The van der Waals surface area contributed by atoms with E-state index in [-0.39, 0.29) is 61.5 Å². The molecular formula is C29H30ClF3N2O4. The molecule has 3 aromatic carbocycles. The van der Waals surface area contributed by atoms with E-state index in [1.54, 1.807) is 12.1 Å². The Balaban J connectivity index is 0.00000353. The van der Waals surface area contributed by atoms with Crippen molar-refractivity contribution in [2.75, 3.05) is 33.0 Å². The molecule has 0 bridgehead atoms. The normalized spacial score (nSPS) is 17.8. The van der Waals surface area contributed by atoms with Crippen molar-refractivity contribution < 1.29 is 32.2 Å².